The van der Waals surface area contributed by atoms with Gasteiger partial charge < -0.3 is 0 Å². The van der Waals surface area contributed by atoms with Crippen LogP contribution in [0.2, 0.25) is 0 Å². The average molecular weight is 273 g/mol. The van der Waals surface area contributed by atoms with Gasteiger partial charge in [-0.2, -0.15) is 5.26 Å². The number of rotatable bonds is 4. The topological polar surface area (TPSA) is 48.7 Å². The molecule has 102 valence electrons. The number of hydrogen-bond donors (Lipinski definition) is 1. The van der Waals surface area contributed by atoms with Crippen molar-refractivity contribution >= 4 is 10.9 Å². The van der Waals surface area contributed by atoms with Crippen LogP contribution in [0.4, 0.5) is 0 Å². The van der Waals surface area contributed by atoms with Crippen LogP contribution in [0.3, 0.4) is 0 Å². The molecule has 0 radical (unpaired) electrons. The molecule has 21 heavy (non-hydrogen) atoms. The summed E-state index contributed by atoms with van der Waals surface area (Å²) in [5.41, 5.74) is 2.96. The Bertz CT molecular complexity index is 770. The summed E-state index contributed by atoms with van der Waals surface area (Å²) < 4.78 is 0. The summed E-state index contributed by atoms with van der Waals surface area (Å²) >= 11 is 0. The molecular weight excluding hydrogens is 258 g/mol. The first-order chi connectivity index (χ1) is 10.4. The van der Waals surface area contributed by atoms with Crippen molar-refractivity contribution in [1.82, 2.24) is 10.3 Å². The highest BCUT2D eigenvalue weighted by Crippen LogP contribution is 2.22. The van der Waals surface area contributed by atoms with Crippen molar-refractivity contribution in [2.24, 2.45) is 0 Å². The number of benzene rings is 2. The molecular formula is C18H15N3. The molecule has 0 bridgehead atoms. The Morgan fingerprint density at radius 3 is 2.62 bits per heavy atom. The maximum atomic E-state index is 9.48. The van der Waals surface area contributed by atoms with E-state index in [1.54, 1.807) is 6.20 Å². The maximum absolute atomic E-state index is 9.48. The molecule has 1 atom stereocenters. The standard InChI is InChI=1S/C18H15N3/c19-12-17(21-13-14-6-2-1-3-7-14)16-10-4-8-15-9-5-11-20-18(15)16/h1-11,17,21H,13H2. The third-order valence-electron chi connectivity index (χ3n) is 3.46. The van der Waals surface area contributed by atoms with Crippen molar-refractivity contribution in [2.75, 3.05) is 0 Å². The van der Waals surface area contributed by atoms with Gasteiger partial charge in [-0.15, -0.1) is 0 Å². The van der Waals surface area contributed by atoms with E-state index in [-0.39, 0.29) is 6.04 Å². The Labute approximate surface area is 123 Å². The Kier molecular flexibility index (Phi) is 3.90. The minimum Gasteiger partial charge on any atom is -0.294 e. The summed E-state index contributed by atoms with van der Waals surface area (Å²) in [4.78, 5) is 4.41. The first-order valence-corrected chi connectivity index (χ1v) is 6.89. The van der Waals surface area contributed by atoms with Crippen molar-refractivity contribution in [3.63, 3.8) is 0 Å². The van der Waals surface area contributed by atoms with Crippen LogP contribution in [0.25, 0.3) is 10.9 Å². The van der Waals surface area contributed by atoms with E-state index in [0.29, 0.717) is 6.54 Å². The second kappa shape index (κ2) is 6.17. The zero-order valence-corrected chi connectivity index (χ0v) is 11.5. The minimum absolute atomic E-state index is 0.371. The summed E-state index contributed by atoms with van der Waals surface area (Å²) in [5, 5.41) is 13.8. The fraction of sp³-hybridized carbons (Fsp3) is 0.111. The number of nitrogens with one attached hydrogen (secondary N) is 1. The summed E-state index contributed by atoms with van der Waals surface area (Å²) in [6.45, 7) is 0.655. The van der Waals surface area contributed by atoms with Gasteiger partial charge in [-0.1, -0.05) is 54.6 Å². The van der Waals surface area contributed by atoms with Crippen molar-refractivity contribution in [3.8, 4) is 6.07 Å². The molecule has 0 spiro atoms. The van der Waals surface area contributed by atoms with Gasteiger partial charge in [0.15, 0.2) is 0 Å². The molecule has 2 aromatic carbocycles. The SMILES string of the molecule is N#CC(NCc1ccccc1)c1cccc2cccnc12. The van der Waals surface area contributed by atoms with E-state index >= 15 is 0 Å². The molecule has 1 heterocycles. The van der Waals surface area contributed by atoms with Gasteiger partial charge in [0.2, 0.25) is 0 Å². The molecule has 0 saturated heterocycles. The van der Waals surface area contributed by atoms with E-state index in [2.05, 4.69) is 16.4 Å². The molecule has 0 aliphatic carbocycles. The van der Waals surface area contributed by atoms with Gasteiger partial charge >= 0.3 is 0 Å². The lowest BCUT2D eigenvalue weighted by molar-refractivity contribution is 0.633. The molecule has 0 amide bonds. The lowest BCUT2D eigenvalue weighted by Gasteiger charge is -2.13. The summed E-state index contributed by atoms with van der Waals surface area (Å²) in [7, 11) is 0. The molecule has 1 N–H and O–H groups in total. The Balaban J connectivity index is 1.87. The van der Waals surface area contributed by atoms with Crippen LogP contribution in [-0.4, -0.2) is 4.98 Å². The van der Waals surface area contributed by atoms with E-state index in [1.165, 1.54) is 0 Å². The minimum atomic E-state index is -0.371. The Morgan fingerprint density at radius 1 is 1.00 bits per heavy atom. The fourth-order valence-corrected chi connectivity index (χ4v) is 2.40. The largest absolute Gasteiger partial charge is 0.294 e. The highest BCUT2D eigenvalue weighted by atomic mass is 14.9. The smallest absolute Gasteiger partial charge is 0.123 e. The van der Waals surface area contributed by atoms with E-state index in [9.17, 15) is 5.26 Å². The number of nitriles is 1. The predicted octanol–water partition coefficient (Wildman–Crippen LogP) is 3.59. The normalized spacial score (nSPS) is 12.0. The zero-order chi connectivity index (χ0) is 14.5. The van der Waals surface area contributed by atoms with Crippen molar-refractivity contribution in [1.29, 1.82) is 5.26 Å². The van der Waals surface area contributed by atoms with Crippen LogP contribution < -0.4 is 5.32 Å². The quantitative estimate of drug-likeness (QED) is 0.790. The number of aromatic nitrogens is 1. The van der Waals surface area contributed by atoms with Crippen molar-refractivity contribution in [3.05, 3.63) is 78.0 Å². The highest BCUT2D eigenvalue weighted by molar-refractivity contribution is 5.82. The van der Waals surface area contributed by atoms with Gasteiger partial charge in [0.25, 0.3) is 0 Å². The molecule has 1 unspecified atom stereocenters. The van der Waals surface area contributed by atoms with Gasteiger partial charge in [-0.25, -0.2) is 0 Å². The molecule has 3 nitrogen and oxygen atoms in total. The first kappa shape index (κ1) is 13.3. The molecule has 0 fully saturated rings. The highest BCUT2D eigenvalue weighted by Gasteiger charge is 2.13. The van der Waals surface area contributed by atoms with Gasteiger partial charge in [0.1, 0.15) is 6.04 Å². The molecule has 3 aromatic rings. The molecule has 0 saturated carbocycles. The van der Waals surface area contributed by atoms with Crippen LogP contribution in [0.5, 0.6) is 0 Å². The average Bonchev–Trinajstić information content (AvgIpc) is 2.56. The van der Waals surface area contributed by atoms with Crippen LogP contribution in [0.1, 0.15) is 17.2 Å². The Morgan fingerprint density at radius 2 is 1.81 bits per heavy atom. The lowest BCUT2D eigenvalue weighted by Crippen LogP contribution is -2.19. The van der Waals surface area contributed by atoms with Crippen molar-refractivity contribution in [2.45, 2.75) is 12.6 Å². The number of hydrogen-bond acceptors (Lipinski definition) is 3. The molecule has 3 heteroatoms. The second-order valence-electron chi connectivity index (χ2n) is 4.85. The maximum Gasteiger partial charge on any atom is 0.123 e. The number of pyridine rings is 1. The van der Waals surface area contributed by atoms with Crippen molar-refractivity contribution < 1.29 is 0 Å². The molecule has 3 rings (SSSR count). The number of nitrogens with zero attached hydrogens (tertiary/aromatic N) is 2. The van der Waals surface area contributed by atoms with Gasteiger partial charge in [0, 0.05) is 23.7 Å². The number of para-hydroxylation sites is 1. The van der Waals surface area contributed by atoms with Crippen LogP contribution in [0.15, 0.2) is 66.9 Å². The monoisotopic (exact) mass is 273 g/mol. The first-order valence-electron chi connectivity index (χ1n) is 6.89. The third-order valence-corrected chi connectivity index (χ3v) is 3.46. The zero-order valence-electron chi connectivity index (χ0n) is 11.5. The van der Waals surface area contributed by atoms with Gasteiger partial charge in [-0.05, 0) is 11.6 Å². The van der Waals surface area contributed by atoms with Crippen LogP contribution in [0, 0.1) is 11.3 Å². The van der Waals surface area contributed by atoms with E-state index in [1.807, 2.05) is 60.7 Å². The van der Waals surface area contributed by atoms with E-state index in [0.717, 1.165) is 22.0 Å². The van der Waals surface area contributed by atoms with E-state index in [4.69, 9.17) is 0 Å². The summed E-state index contributed by atoms with van der Waals surface area (Å²) in [6, 6.07) is 21.9. The molecule has 1 aromatic heterocycles. The fourth-order valence-electron chi connectivity index (χ4n) is 2.40. The molecule has 0 aliphatic heterocycles. The predicted molar refractivity (Wildman–Crippen MR) is 83.4 cm³/mol. The van der Waals surface area contributed by atoms with Crippen LogP contribution >= 0.6 is 0 Å². The van der Waals surface area contributed by atoms with Crippen LogP contribution in [-0.2, 0) is 6.54 Å². The third kappa shape index (κ3) is 2.91. The van der Waals surface area contributed by atoms with Gasteiger partial charge in [-0.3, -0.25) is 10.3 Å². The lowest BCUT2D eigenvalue weighted by atomic mass is 10.0. The summed E-state index contributed by atoms with van der Waals surface area (Å²) in [6.07, 6.45) is 1.76. The van der Waals surface area contributed by atoms with Gasteiger partial charge in [0.05, 0.1) is 11.6 Å². The second-order valence-corrected chi connectivity index (χ2v) is 4.85. The number of fused-ring (bicyclic) bond motifs is 1. The summed E-state index contributed by atoms with van der Waals surface area (Å²) in [5.74, 6) is 0. The Hall–Kier alpha value is -2.70. The van der Waals surface area contributed by atoms with E-state index < -0.39 is 0 Å². The molecule has 0 aliphatic rings.